The van der Waals surface area contributed by atoms with Crippen LogP contribution in [-0.4, -0.2) is 35.8 Å². The molecule has 5 rings (SSSR count). The van der Waals surface area contributed by atoms with Crippen LogP contribution in [0.2, 0.25) is 0 Å². The lowest BCUT2D eigenvalue weighted by molar-refractivity contribution is 0.0697. The fourth-order valence-corrected chi connectivity index (χ4v) is 3.38. The van der Waals surface area contributed by atoms with Gasteiger partial charge >= 0.3 is 5.97 Å². The molecule has 0 aliphatic carbocycles. The van der Waals surface area contributed by atoms with Crippen LogP contribution in [0.3, 0.4) is 0 Å². The van der Waals surface area contributed by atoms with Crippen molar-refractivity contribution in [3.05, 3.63) is 84.2 Å². The summed E-state index contributed by atoms with van der Waals surface area (Å²) in [7, 11) is 0. The van der Waals surface area contributed by atoms with Crippen molar-refractivity contribution in [2.75, 3.05) is 0 Å². The Balaban J connectivity index is 1.70. The zero-order valence-corrected chi connectivity index (χ0v) is 16.5. The smallest absolute Gasteiger partial charge is 0.335 e. The fraction of sp³-hybridized carbons (Fsp3) is 0.0435. The van der Waals surface area contributed by atoms with Crippen molar-refractivity contribution in [1.82, 2.24) is 24.7 Å². The number of carboxylic acid groups (broad SMARTS) is 1. The second-order valence-corrected chi connectivity index (χ2v) is 6.91. The largest absolute Gasteiger partial charge is 0.478 e. The number of rotatable bonds is 5. The molecule has 0 radical (unpaired) electrons. The summed E-state index contributed by atoms with van der Waals surface area (Å²) in [6.07, 6.45) is 1.65. The number of ether oxygens (including phenoxy) is 1. The molecule has 2 N–H and O–H groups in total. The minimum atomic E-state index is -0.995. The van der Waals surface area contributed by atoms with Crippen molar-refractivity contribution < 1.29 is 14.6 Å². The topological polar surface area (TPSA) is 106 Å². The fourth-order valence-electron chi connectivity index (χ4n) is 3.38. The van der Waals surface area contributed by atoms with Crippen molar-refractivity contribution in [2.45, 2.75) is 6.92 Å². The Morgan fingerprint density at radius 1 is 1.06 bits per heavy atom. The van der Waals surface area contributed by atoms with E-state index in [4.69, 9.17) is 4.74 Å². The predicted molar refractivity (Wildman–Crippen MR) is 115 cm³/mol. The van der Waals surface area contributed by atoms with Gasteiger partial charge in [0.2, 0.25) is 11.8 Å². The Kier molecular flexibility index (Phi) is 4.44. The van der Waals surface area contributed by atoms with E-state index in [2.05, 4.69) is 20.1 Å². The van der Waals surface area contributed by atoms with Gasteiger partial charge in [-0.05, 0) is 43.3 Å². The lowest BCUT2D eigenvalue weighted by Gasteiger charge is -2.09. The van der Waals surface area contributed by atoms with Gasteiger partial charge in [0.1, 0.15) is 11.4 Å². The van der Waals surface area contributed by atoms with E-state index in [1.807, 2.05) is 49.4 Å². The van der Waals surface area contributed by atoms with Crippen LogP contribution in [-0.2, 0) is 0 Å². The van der Waals surface area contributed by atoms with Crippen LogP contribution >= 0.6 is 0 Å². The highest BCUT2D eigenvalue weighted by molar-refractivity contribution is 5.93. The average molecular weight is 411 g/mol. The number of carbonyl (C=O) groups is 1. The van der Waals surface area contributed by atoms with E-state index in [9.17, 15) is 9.90 Å². The minimum Gasteiger partial charge on any atom is -0.478 e. The molecule has 0 amide bonds. The maximum absolute atomic E-state index is 11.3. The molecular formula is C23H17N5O3. The first-order valence-electron chi connectivity index (χ1n) is 9.57. The Hall–Kier alpha value is -4.46. The number of aromatic carboxylic acids is 1. The molecule has 2 aromatic carbocycles. The molecule has 8 heteroatoms. The molecule has 31 heavy (non-hydrogen) atoms. The van der Waals surface area contributed by atoms with Crippen LogP contribution in [0.4, 0.5) is 0 Å². The van der Waals surface area contributed by atoms with Gasteiger partial charge in [0.05, 0.1) is 28.0 Å². The summed E-state index contributed by atoms with van der Waals surface area (Å²) in [6, 6.07) is 19.8. The van der Waals surface area contributed by atoms with E-state index in [1.165, 1.54) is 6.07 Å². The van der Waals surface area contributed by atoms with E-state index in [0.29, 0.717) is 39.9 Å². The Morgan fingerprint density at radius 2 is 1.87 bits per heavy atom. The molecule has 3 heterocycles. The molecule has 0 spiro atoms. The standard InChI is InChI=1S/C23H17N5O3/c1-14-20(21-25-17-11-10-15(23(29)30)13-18(17)26-21)22(31-19-9-5-6-12-24-19)28(27-14)16-7-3-2-4-8-16/h2-13H,1H3,(H,25,26)(H,29,30). The molecule has 0 aliphatic heterocycles. The van der Waals surface area contributed by atoms with Crippen molar-refractivity contribution >= 4 is 17.0 Å². The van der Waals surface area contributed by atoms with Gasteiger partial charge in [-0.2, -0.15) is 9.78 Å². The zero-order chi connectivity index (χ0) is 21.4. The lowest BCUT2D eigenvalue weighted by atomic mass is 10.2. The molecular weight excluding hydrogens is 394 g/mol. The summed E-state index contributed by atoms with van der Waals surface area (Å²) in [4.78, 5) is 23.4. The van der Waals surface area contributed by atoms with E-state index < -0.39 is 5.97 Å². The first-order valence-corrected chi connectivity index (χ1v) is 9.57. The van der Waals surface area contributed by atoms with Crippen LogP contribution in [0, 0.1) is 6.92 Å². The molecule has 0 bridgehead atoms. The normalized spacial score (nSPS) is 11.0. The summed E-state index contributed by atoms with van der Waals surface area (Å²) in [5.41, 5.74) is 3.65. The Morgan fingerprint density at radius 3 is 2.61 bits per heavy atom. The summed E-state index contributed by atoms with van der Waals surface area (Å²) in [6.45, 7) is 1.87. The number of imidazole rings is 1. The van der Waals surface area contributed by atoms with Crippen LogP contribution in [0.25, 0.3) is 28.1 Å². The van der Waals surface area contributed by atoms with E-state index in [-0.39, 0.29) is 5.56 Å². The quantitative estimate of drug-likeness (QED) is 0.437. The van der Waals surface area contributed by atoms with Crippen molar-refractivity contribution in [2.24, 2.45) is 0 Å². The summed E-state index contributed by atoms with van der Waals surface area (Å²) >= 11 is 0. The average Bonchev–Trinajstić information content (AvgIpc) is 3.34. The van der Waals surface area contributed by atoms with Gasteiger partial charge < -0.3 is 14.8 Å². The van der Waals surface area contributed by atoms with E-state index in [1.54, 1.807) is 29.1 Å². The molecule has 152 valence electrons. The number of nitrogens with zero attached hydrogens (tertiary/aromatic N) is 4. The zero-order valence-electron chi connectivity index (χ0n) is 16.5. The first kappa shape index (κ1) is 18.6. The van der Waals surface area contributed by atoms with Crippen molar-refractivity contribution in [1.29, 1.82) is 0 Å². The SMILES string of the molecule is Cc1nn(-c2ccccc2)c(Oc2ccccn2)c1-c1nc2ccc(C(=O)O)cc2[nH]1. The molecule has 0 unspecified atom stereocenters. The van der Waals surface area contributed by atoms with Crippen molar-refractivity contribution in [3.63, 3.8) is 0 Å². The van der Waals surface area contributed by atoms with Crippen molar-refractivity contribution in [3.8, 4) is 28.8 Å². The maximum atomic E-state index is 11.3. The van der Waals surface area contributed by atoms with E-state index >= 15 is 0 Å². The molecule has 0 saturated carbocycles. The van der Waals surface area contributed by atoms with Crippen LogP contribution < -0.4 is 4.74 Å². The van der Waals surface area contributed by atoms with Crippen LogP contribution in [0.15, 0.2) is 72.9 Å². The molecule has 3 aromatic heterocycles. The Labute approximate surface area is 176 Å². The Bertz CT molecular complexity index is 1390. The number of carboxylic acids is 1. The summed E-state index contributed by atoms with van der Waals surface area (Å²) < 4.78 is 7.87. The minimum absolute atomic E-state index is 0.185. The number of hydrogen-bond donors (Lipinski definition) is 2. The third-order valence-electron chi connectivity index (χ3n) is 4.82. The molecule has 8 nitrogen and oxygen atoms in total. The number of aryl methyl sites for hydroxylation is 1. The van der Waals surface area contributed by atoms with Gasteiger partial charge in [0, 0.05) is 12.3 Å². The highest BCUT2D eigenvalue weighted by Gasteiger charge is 2.23. The number of nitrogens with one attached hydrogen (secondary N) is 1. The highest BCUT2D eigenvalue weighted by atomic mass is 16.5. The molecule has 5 aromatic rings. The number of hydrogen-bond acceptors (Lipinski definition) is 5. The van der Waals surface area contributed by atoms with Gasteiger partial charge in [0.15, 0.2) is 0 Å². The van der Waals surface area contributed by atoms with E-state index in [0.717, 1.165) is 5.69 Å². The molecule has 0 aliphatic rings. The number of pyridine rings is 1. The third-order valence-corrected chi connectivity index (χ3v) is 4.82. The monoisotopic (exact) mass is 411 g/mol. The van der Waals surface area contributed by atoms with Gasteiger partial charge in [0.25, 0.3) is 0 Å². The molecule has 0 fully saturated rings. The third kappa shape index (κ3) is 3.40. The predicted octanol–water partition coefficient (Wildman–Crippen LogP) is 4.61. The number of benzene rings is 2. The number of H-pyrrole nitrogens is 1. The summed E-state index contributed by atoms with van der Waals surface area (Å²) in [5, 5.41) is 14.0. The summed E-state index contributed by atoms with van der Waals surface area (Å²) in [5.74, 6) is 0.415. The lowest BCUT2D eigenvalue weighted by Crippen LogP contribution is -2.00. The van der Waals surface area contributed by atoms with Gasteiger partial charge in [-0.25, -0.2) is 14.8 Å². The van der Waals surface area contributed by atoms with Gasteiger partial charge in [-0.15, -0.1) is 0 Å². The van der Waals surface area contributed by atoms with Crippen LogP contribution in [0.5, 0.6) is 11.8 Å². The molecule has 0 atom stereocenters. The number of para-hydroxylation sites is 1. The molecule has 0 saturated heterocycles. The number of aromatic nitrogens is 5. The second kappa shape index (κ2) is 7.42. The van der Waals surface area contributed by atoms with Crippen LogP contribution in [0.1, 0.15) is 16.1 Å². The first-order chi connectivity index (χ1) is 15.1. The van der Waals surface area contributed by atoms with Gasteiger partial charge in [-0.1, -0.05) is 24.3 Å². The highest BCUT2D eigenvalue weighted by Crippen LogP contribution is 2.37. The second-order valence-electron chi connectivity index (χ2n) is 6.91. The van der Waals surface area contributed by atoms with Gasteiger partial charge in [-0.3, -0.25) is 0 Å². The maximum Gasteiger partial charge on any atom is 0.335 e. The number of aromatic amines is 1. The number of fused-ring (bicyclic) bond motifs is 1.